The van der Waals surface area contributed by atoms with Crippen LogP contribution in [-0.4, -0.2) is 15.8 Å². The van der Waals surface area contributed by atoms with Crippen molar-refractivity contribution in [3.8, 4) is 0 Å². The molecular weight excluding hydrogens is 193 g/mol. The summed E-state index contributed by atoms with van der Waals surface area (Å²) in [4.78, 5) is 0. The normalized spacial score (nSPS) is 13.3. The lowest BCUT2D eigenvalue weighted by Crippen LogP contribution is -2.22. The fourth-order valence-electron chi connectivity index (χ4n) is 1.72. The monoisotopic (exact) mass is 207 g/mol. The molecular formula is C11H14FN3. The molecule has 0 aliphatic heterocycles. The fraction of sp³-hybridized carbons (Fsp3) is 0.364. The summed E-state index contributed by atoms with van der Waals surface area (Å²) < 4.78 is 14.9. The van der Waals surface area contributed by atoms with E-state index in [0.717, 1.165) is 16.6 Å². The van der Waals surface area contributed by atoms with E-state index in [2.05, 4.69) is 5.10 Å². The van der Waals surface area contributed by atoms with Crippen LogP contribution in [0.1, 0.15) is 12.6 Å². The average molecular weight is 207 g/mol. The van der Waals surface area contributed by atoms with E-state index < -0.39 is 0 Å². The lowest BCUT2D eigenvalue weighted by atomic mass is 10.2. The minimum Gasteiger partial charge on any atom is -0.326 e. The minimum atomic E-state index is -0.231. The van der Waals surface area contributed by atoms with Gasteiger partial charge in [0.15, 0.2) is 0 Å². The molecule has 1 aromatic carbocycles. The number of hydrogen-bond acceptors (Lipinski definition) is 2. The van der Waals surface area contributed by atoms with Gasteiger partial charge < -0.3 is 5.73 Å². The predicted octanol–water partition coefficient (Wildman–Crippen LogP) is 1.83. The molecule has 4 heteroatoms. The number of rotatable bonds is 2. The van der Waals surface area contributed by atoms with Crippen LogP contribution in [0.25, 0.3) is 10.9 Å². The van der Waals surface area contributed by atoms with Gasteiger partial charge in [0.05, 0.1) is 17.8 Å². The molecule has 0 fully saturated rings. The largest absolute Gasteiger partial charge is 0.326 e. The smallest absolute Gasteiger partial charge is 0.124 e. The zero-order valence-corrected chi connectivity index (χ0v) is 8.87. The Morgan fingerprint density at radius 3 is 2.93 bits per heavy atom. The van der Waals surface area contributed by atoms with Gasteiger partial charge >= 0.3 is 0 Å². The number of benzene rings is 1. The number of hydrogen-bond donors (Lipinski definition) is 1. The van der Waals surface area contributed by atoms with E-state index in [-0.39, 0.29) is 11.9 Å². The summed E-state index contributed by atoms with van der Waals surface area (Å²) in [6, 6.07) is 4.74. The molecule has 0 bridgehead atoms. The summed E-state index contributed by atoms with van der Waals surface area (Å²) in [5.74, 6) is -0.231. The lowest BCUT2D eigenvalue weighted by molar-refractivity contribution is 0.550. The third-order valence-corrected chi connectivity index (χ3v) is 2.36. The Hall–Kier alpha value is -1.42. The number of aromatic nitrogens is 2. The van der Waals surface area contributed by atoms with Crippen LogP contribution < -0.4 is 5.73 Å². The summed E-state index contributed by atoms with van der Waals surface area (Å²) in [5, 5.41) is 5.20. The van der Waals surface area contributed by atoms with Gasteiger partial charge in [0, 0.05) is 11.4 Å². The van der Waals surface area contributed by atoms with E-state index >= 15 is 0 Å². The minimum absolute atomic E-state index is 0.0394. The molecule has 80 valence electrons. The van der Waals surface area contributed by atoms with E-state index in [1.807, 2.05) is 18.5 Å². The molecule has 2 rings (SSSR count). The van der Waals surface area contributed by atoms with Crippen molar-refractivity contribution in [3.05, 3.63) is 29.7 Å². The van der Waals surface area contributed by atoms with Gasteiger partial charge in [0.25, 0.3) is 0 Å². The van der Waals surface area contributed by atoms with Crippen molar-refractivity contribution in [2.75, 3.05) is 0 Å². The zero-order chi connectivity index (χ0) is 11.0. The van der Waals surface area contributed by atoms with Crippen molar-refractivity contribution >= 4 is 10.9 Å². The van der Waals surface area contributed by atoms with Crippen LogP contribution in [-0.2, 0) is 6.54 Å². The van der Waals surface area contributed by atoms with Gasteiger partial charge in [-0.05, 0) is 32.0 Å². The Labute approximate surface area is 87.7 Å². The molecule has 0 amide bonds. The standard InChI is InChI=1S/C11H14FN3/c1-7(13)6-15-11-4-3-9(12)5-10(11)8(2)14-15/h3-5,7H,6,13H2,1-2H3. The van der Waals surface area contributed by atoms with Crippen LogP contribution >= 0.6 is 0 Å². The Morgan fingerprint density at radius 1 is 1.53 bits per heavy atom. The third-order valence-electron chi connectivity index (χ3n) is 2.36. The summed E-state index contributed by atoms with van der Waals surface area (Å²) >= 11 is 0. The number of nitrogens with zero attached hydrogens (tertiary/aromatic N) is 2. The Morgan fingerprint density at radius 2 is 2.27 bits per heavy atom. The lowest BCUT2D eigenvalue weighted by Gasteiger charge is -2.06. The van der Waals surface area contributed by atoms with Crippen molar-refractivity contribution < 1.29 is 4.39 Å². The molecule has 0 radical (unpaired) electrons. The van der Waals surface area contributed by atoms with E-state index in [0.29, 0.717) is 6.54 Å². The second-order valence-electron chi connectivity index (χ2n) is 3.91. The van der Waals surface area contributed by atoms with Crippen molar-refractivity contribution in [1.29, 1.82) is 0 Å². The predicted molar refractivity (Wildman–Crippen MR) is 58.1 cm³/mol. The van der Waals surface area contributed by atoms with Crippen LogP contribution in [0.3, 0.4) is 0 Å². The Bertz CT molecular complexity index is 488. The average Bonchev–Trinajstić information content (AvgIpc) is 2.42. The summed E-state index contributed by atoms with van der Waals surface area (Å²) in [5.41, 5.74) is 7.49. The van der Waals surface area contributed by atoms with E-state index in [9.17, 15) is 4.39 Å². The highest BCUT2D eigenvalue weighted by Gasteiger charge is 2.08. The summed E-state index contributed by atoms with van der Waals surface area (Å²) in [7, 11) is 0. The van der Waals surface area contributed by atoms with Crippen LogP contribution in [0, 0.1) is 12.7 Å². The second-order valence-corrected chi connectivity index (χ2v) is 3.91. The third kappa shape index (κ3) is 1.85. The number of nitrogens with two attached hydrogens (primary N) is 1. The van der Waals surface area contributed by atoms with Gasteiger partial charge in [-0.2, -0.15) is 5.10 Å². The van der Waals surface area contributed by atoms with Crippen LogP contribution in [0.15, 0.2) is 18.2 Å². The van der Waals surface area contributed by atoms with Gasteiger partial charge in [0.2, 0.25) is 0 Å². The molecule has 1 heterocycles. The highest BCUT2D eigenvalue weighted by molar-refractivity contribution is 5.81. The maximum atomic E-state index is 13.0. The van der Waals surface area contributed by atoms with Crippen molar-refractivity contribution in [2.45, 2.75) is 26.4 Å². The van der Waals surface area contributed by atoms with Crippen molar-refractivity contribution in [1.82, 2.24) is 9.78 Å². The molecule has 0 saturated carbocycles. The van der Waals surface area contributed by atoms with Crippen LogP contribution in [0.5, 0.6) is 0 Å². The van der Waals surface area contributed by atoms with Gasteiger partial charge in [-0.3, -0.25) is 4.68 Å². The van der Waals surface area contributed by atoms with Crippen LogP contribution in [0.4, 0.5) is 4.39 Å². The Kier molecular flexibility index (Phi) is 2.44. The first-order chi connectivity index (χ1) is 7.08. The first kappa shape index (κ1) is 10.1. The zero-order valence-electron chi connectivity index (χ0n) is 8.87. The molecule has 2 aromatic rings. The highest BCUT2D eigenvalue weighted by atomic mass is 19.1. The fourth-order valence-corrected chi connectivity index (χ4v) is 1.72. The molecule has 2 N–H and O–H groups in total. The van der Waals surface area contributed by atoms with Gasteiger partial charge in [-0.25, -0.2) is 4.39 Å². The Balaban J connectivity index is 2.57. The van der Waals surface area contributed by atoms with Crippen molar-refractivity contribution in [3.63, 3.8) is 0 Å². The highest BCUT2D eigenvalue weighted by Crippen LogP contribution is 2.19. The van der Waals surface area contributed by atoms with Crippen LogP contribution in [0.2, 0.25) is 0 Å². The SMILES string of the molecule is Cc1nn(CC(C)N)c2ccc(F)cc12. The van der Waals surface area contributed by atoms with Gasteiger partial charge in [-0.1, -0.05) is 0 Å². The van der Waals surface area contributed by atoms with E-state index in [1.165, 1.54) is 12.1 Å². The van der Waals surface area contributed by atoms with E-state index in [1.54, 1.807) is 6.07 Å². The molecule has 0 aliphatic rings. The van der Waals surface area contributed by atoms with Gasteiger partial charge in [0.1, 0.15) is 5.82 Å². The molecule has 3 nitrogen and oxygen atoms in total. The molecule has 1 unspecified atom stereocenters. The molecule has 0 saturated heterocycles. The molecule has 1 aromatic heterocycles. The first-order valence-electron chi connectivity index (χ1n) is 4.96. The quantitative estimate of drug-likeness (QED) is 0.816. The molecule has 1 atom stereocenters. The number of halogens is 1. The summed E-state index contributed by atoms with van der Waals surface area (Å²) in [6.45, 7) is 4.45. The molecule has 0 aliphatic carbocycles. The topological polar surface area (TPSA) is 43.8 Å². The van der Waals surface area contributed by atoms with Gasteiger partial charge in [-0.15, -0.1) is 0 Å². The maximum absolute atomic E-state index is 13.0. The molecule has 0 spiro atoms. The molecule has 15 heavy (non-hydrogen) atoms. The summed E-state index contributed by atoms with van der Waals surface area (Å²) in [6.07, 6.45) is 0. The second kappa shape index (κ2) is 3.62. The van der Waals surface area contributed by atoms with Crippen molar-refractivity contribution in [2.24, 2.45) is 5.73 Å². The first-order valence-corrected chi connectivity index (χ1v) is 4.96. The number of fused-ring (bicyclic) bond motifs is 1. The van der Waals surface area contributed by atoms with E-state index in [4.69, 9.17) is 5.73 Å². The number of aryl methyl sites for hydroxylation is 1. The maximum Gasteiger partial charge on any atom is 0.124 e.